The Morgan fingerprint density at radius 3 is 2.90 bits per heavy atom. The van der Waals surface area contributed by atoms with Gasteiger partial charge in [-0.15, -0.1) is 12.4 Å². The van der Waals surface area contributed by atoms with E-state index in [2.05, 4.69) is 40.1 Å². The van der Waals surface area contributed by atoms with Gasteiger partial charge >= 0.3 is 0 Å². The van der Waals surface area contributed by atoms with Crippen LogP contribution in [-0.4, -0.2) is 41.2 Å². The molecule has 0 radical (unpaired) electrons. The van der Waals surface area contributed by atoms with E-state index in [1.165, 1.54) is 5.56 Å². The van der Waals surface area contributed by atoms with Gasteiger partial charge in [0.1, 0.15) is 0 Å². The van der Waals surface area contributed by atoms with Gasteiger partial charge in [-0.25, -0.2) is 0 Å². The molecule has 1 aromatic carbocycles. The first-order valence-electron chi connectivity index (χ1n) is 9.97. The Bertz CT molecular complexity index is 897. The number of benzene rings is 1. The predicted molar refractivity (Wildman–Crippen MR) is 114 cm³/mol. The van der Waals surface area contributed by atoms with Crippen molar-refractivity contribution < 1.29 is 9.59 Å². The lowest BCUT2D eigenvalue weighted by atomic mass is 9.90. The van der Waals surface area contributed by atoms with E-state index in [-0.39, 0.29) is 42.0 Å². The molecule has 3 heterocycles. The Kier molecular flexibility index (Phi) is 6.59. The van der Waals surface area contributed by atoms with Crippen molar-refractivity contribution in [3.8, 4) is 0 Å². The molecule has 0 spiro atoms. The number of amides is 2. The van der Waals surface area contributed by atoms with Crippen LogP contribution in [0.3, 0.4) is 0 Å². The third-order valence-electron chi connectivity index (χ3n) is 5.91. The molecule has 2 amide bonds. The standard InChI is InChI=1S/C21H27N5O2.ClH/c1-3-13-4-5-19-16(8-13)15(21(28)25-19)6-7-23-20(27)18-11-22-10-17(18)14-9-24-26(2)12-14;/h4-5,8-9,12,15,17-18,22H,3,6-7,10-11H2,1-2H3,(H,23,27)(H,25,28);1H/t15?,17-,18+;/m1./s1. The minimum Gasteiger partial charge on any atom is -0.356 e. The van der Waals surface area contributed by atoms with E-state index >= 15 is 0 Å². The van der Waals surface area contributed by atoms with Crippen molar-refractivity contribution in [1.82, 2.24) is 20.4 Å². The first-order chi connectivity index (χ1) is 13.6. The number of hydrogen-bond acceptors (Lipinski definition) is 4. The van der Waals surface area contributed by atoms with E-state index in [0.29, 0.717) is 19.5 Å². The molecule has 3 atom stereocenters. The fraction of sp³-hybridized carbons (Fsp3) is 0.476. The van der Waals surface area contributed by atoms with Crippen LogP contribution < -0.4 is 16.0 Å². The van der Waals surface area contributed by atoms with E-state index in [1.807, 2.05) is 25.5 Å². The van der Waals surface area contributed by atoms with Crippen molar-refractivity contribution in [1.29, 1.82) is 0 Å². The molecule has 1 unspecified atom stereocenters. The maximum atomic E-state index is 12.8. The molecule has 29 heavy (non-hydrogen) atoms. The number of halogens is 1. The topological polar surface area (TPSA) is 88.1 Å². The highest BCUT2D eigenvalue weighted by molar-refractivity contribution is 6.03. The molecular weight excluding hydrogens is 390 g/mol. The molecular formula is C21H28ClN5O2. The molecule has 2 aliphatic rings. The summed E-state index contributed by atoms with van der Waals surface area (Å²) in [6.45, 7) is 4.04. The average Bonchev–Trinajstić information content (AvgIpc) is 3.40. The molecule has 156 valence electrons. The van der Waals surface area contributed by atoms with Gasteiger partial charge in [0.15, 0.2) is 0 Å². The van der Waals surface area contributed by atoms with Gasteiger partial charge in [-0.05, 0) is 35.6 Å². The van der Waals surface area contributed by atoms with Crippen LogP contribution >= 0.6 is 12.4 Å². The Morgan fingerprint density at radius 2 is 2.17 bits per heavy atom. The van der Waals surface area contributed by atoms with Crippen molar-refractivity contribution in [3.05, 3.63) is 47.3 Å². The molecule has 2 aliphatic heterocycles. The van der Waals surface area contributed by atoms with Crippen LogP contribution in [0.15, 0.2) is 30.6 Å². The van der Waals surface area contributed by atoms with E-state index in [4.69, 9.17) is 0 Å². The highest BCUT2D eigenvalue weighted by atomic mass is 35.5. The minimum atomic E-state index is -0.197. The van der Waals surface area contributed by atoms with Gasteiger partial charge in [0, 0.05) is 44.5 Å². The van der Waals surface area contributed by atoms with Gasteiger partial charge in [0.05, 0.1) is 18.0 Å². The number of rotatable bonds is 6. The number of nitrogens with one attached hydrogen (secondary N) is 3. The third kappa shape index (κ3) is 4.31. The number of aromatic nitrogens is 2. The molecule has 3 N–H and O–H groups in total. The molecule has 4 rings (SSSR count). The van der Waals surface area contributed by atoms with Crippen LogP contribution in [0.5, 0.6) is 0 Å². The van der Waals surface area contributed by atoms with Crippen molar-refractivity contribution in [3.63, 3.8) is 0 Å². The smallest absolute Gasteiger partial charge is 0.232 e. The van der Waals surface area contributed by atoms with Crippen LogP contribution in [-0.2, 0) is 23.1 Å². The third-order valence-corrected chi connectivity index (χ3v) is 5.91. The summed E-state index contributed by atoms with van der Waals surface area (Å²) in [5.41, 5.74) is 4.26. The lowest BCUT2D eigenvalue weighted by Crippen LogP contribution is -2.35. The average molecular weight is 418 g/mol. The van der Waals surface area contributed by atoms with Gasteiger partial charge in [-0.2, -0.15) is 5.10 Å². The number of nitrogens with zero attached hydrogens (tertiary/aromatic N) is 2. The summed E-state index contributed by atoms with van der Waals surface area (Å²) >= 11 is 0. The van der Waals surface area contributed by atoms with Crippen LogP contribution in [0.4, 0.5) is 5.69 Å². The SMILES string of the molecule is CCc1ccc2c(c1)C(CCNC(=O)[C@H]1CNC[C@@H]1c1cnn(C)c1)C(=O)N2.Cl. The first kappa shape index (κ1) is 21.3. The quantitative estimate of drug-likeness (QED) is 0.670. The number of carbonyl (C=O) groups excluding carboxylic acids is 2. The number of fused-ring (bicyclic) bond motifs is 1. The maximum Gasteiger partial charge on any atom is 0.232 e. The van der Waals surface area contributed by atoms with Crippen LogP contribution in [0.1, 0.15) is 41.9 Å². The van der Waals surface area contributed by atoms with Gasteiger partial charge in [-0.1, -0.05) is 19.1 Å². The highest BCUT2D eigenvalue weighted by Gasteiger charge is 2.35. The Hall–Kier alpha value is -2.38. The van der Waals surface area contributed by atoms with Gasteiger partial charge in [-0.3, -0.25) is 14.3 Å². The number of carbonyl (C=O) groups is 2. The largest absolute Gasteiger partial charge is 0.356 e. The van der Waals surface area contributed by atoms with Crippen LogP contribution in [0.2, 0.25) is 0 Å². The molecule has 1 saturated heterocycles. The van der Waals surface area contributed by atoms with Gasteiger partial charge in [0.25, 0.3) is 0 Å². The van der Waals surface area contributed by atoms with E-state index in [0.717, 1.165) is 29.8 Å². The number of anilines is 1. The number of hydrogen-bond donors (Lipinski definition) is 3. The second-order valence-electron chi connectivity index (χ2n) is 7.72. The molecule has 8 heteroatoms. The summed E-state index contributed by atoms with van der Waals surface area (Å²) in [7, 11) is 1.88. The van der Waals surface area contributed by atoms with Gasteiger partial charge < -0.3 is 16.0 Å². The fourth-order valence-electron chi connectivity index (χ4n) is 4.29. The Morgan fingerprint density at radius 1 is 1.34 bits per heavy atom. The fourth-order valence-corrected chi connectivity index (χ4v) is 4.29. The lowest BCUT2D eigenvalue weighted by Gasteiger charge is -2.18. The van der Waals surface area contributed by atoms with E-state index < -0.39 is 0 Å². The van der Waals surface area contributed by atoms with Crippen molar-refractivity contribution >= 4 is 29.9 Å². The van der Waals surface area contributed by atoms with E-state index in [9.17, 15) is 9.59 Å². The molecule has 0 aliphatic carbocycles. The summed E-state index contributed by atoms with van der Waals surface area (Å²) in [5, 5.41) is 13.5. The highest BCUT2D eigenvalue weighted by Crippen LogP contribution is 2.35. The Balaban J connectivity index is 0.00000240. The summed E-state index contributed by atoms with van der Waals surface area (Å²) in [6.07, 6.45) is 5.36. The van der Waals surface area contributed by atoms with Crippen molar-refractivity contribution in [2.45, 2.75) is 31.6 Å². The summed E-state index contributed by atoms with van der Waals surface area (Å²) in [4.78, 5) is 25.1. The Labute approximate surface area is 177 Å². The molecule has 7 nitrogen and oxygen atoms in total. The molecule has 0 bridgehead atoms. The first-order valence-corrected chi connectivity index (χ1v) is 9.97. The normalized spacial score (nSPS) is 22.7. The summed E-state index contributed by atoms with van der Waals surface area (Å²) in [6, 6.07) is 6.14. The molecule has 1 aromatic heterocycles. The zero-order valence-electron chi connectivity index (χ0n) is 16.8. The maximum absolute atomic E-state index is 12.8. The van der Waals surface area contributed by atoms with Gasteiger partial charge in [0.2, 0.25) is 11.8 Å². The molecule has 0 saturated carbocycles. The summed E-state index contributed by atoms with van der Waals surface area (Å²) < 4.78 is 1.77. The van der Waals surface area contributed by atoms with Crippen LogP contribution in [0.25, 0.3) is 0 Å². The second-order valence-corrected chi connectivity index (χ2v) is 7.72. The summed E-state index contributed by atoms with van der Waals surface area (Å²) in [5.74, 6) is -0.109. The zero-order valence-corrected chi connectivity index (χ0v) is 17.6. The molecule has 2 aromatic rings. The second kappa shape index (κ2) is 8.97. The zero-order chi connectivity index (χ0) is 19.7. The predicted octanol–water partition coefficient (Wildman–Crippen LogP) is 1.95. The van der Waals surface area contributed by atoms with Crippen LogP contribution in [0, 0.1) is 5.92 Å². The lowest BCUT2D eigenvalue weighted by molar-refractivity contribution is -0.125. The molecule has 1 fully saturated rings. The minimum absolute atomic E-state index is 0. The monoisotopic (exact) mass is 417 g/mol. The van der Waals surface area contributed by atoms with Crippen molar-refractivity contribution in [2.24, 2.45) is 13.0 Å². The van der Waals surface area contributed by atoms with Crippen molar-refractivity contribution in [2.75, 3.05) is 25.0 Å². The van der Waals surface area contributed by atoms with E-state index in [1.54, 1.807) is 4.68 Å². The number of aryl methyl sites for hydroxylation is 2.